The first-order valence-corrected chi connectivity index (χ1v) is 10.3. The monoisotopic (exact) mass is 441 g/mol. The van der Waals surface area contributed by atoms with Crippen molar-refractivity contribution < 1.29 is 9.47 Å². The third-order valence-electron chi connectivity index (χ3n) is 5.70. The molecular formula is C24H16ClN5O2. The van der Waals surface area contributed by atoms with E-state index in [4.69, 9.17) is 31.8 Å². The number of ether oxygens (including phenoxy) is 2. The van der Waals surface area contributed by atoms with Crippen molar-refractivity contribution in [2.75, 3.05) is 6.61 Å². The number of rotatable bonds is 2. The maximum absolute atomic E-state index is 6.22. The molecule has 0 aliphatic carbocycles. The Hall–Kier alpha value is -3.97. The third-order valence-corrected chi connectivity index (χ3v) is 5.91. The average Bonchev–Trinajstić information content (AvgIpc) is 3.22. The Kier molecular flexibility index (Phi) is 4.13. The van der Waals surface area contributed by atoms with Crippen LogP contribution in [0.15, 0.2) is 78.4 Å². The predicted octanol–water partition coefficient (Wildman–Crippen LogP) is 4.55. The van der Waals surface area contributed by atoms with E-state index in [-0.39, 0.29) is 12.6 Å². The molecule has 2 N–H and O–H groups in total. The van der Waals surface area contributed by atoms with E-state index in [1.807, 2.05) is 42.5 Å². The number of pyridine rings is 3. The van der Waals surface area contributed by atoms with Gasteiger partial charge in [0.15, 0.2) is 11.3 Å². The summed E-state index contributed by atoms with van der Waals surface area (Å²) >= 11 is 6.16. The number of hydrogen-bond donors (Lipinski definition) is 1. The van der Waals surface area contributed by atoms with E-state index in [0.29, 0.717) is 16.5 Å². The van der Waals surface area contributed by atoms with Crippen LogP contribution in [0.3, 0.4) is 0 Å². The van der Waals surface area contributed by atoms with Crippen LogP contribution in [0, 0.1) is 0 Å². The maximum Gasteiger partial charge on any atom is 0.283 e. The van der Waals surface area contributed by atoms with E-state index >= 15 is 0 Å². The van der Waals surface area contributed by atoms with Crippen LogP contribution in [-0.2, 0) is 10.3 Å². The van der Waals surface area contributed by atoms with Crippen molar-refractivity contribution in [3.63, 3.8) is 0 Å². The van der Waals surface area contributed by atoms with Gasteiger partial charge in [-0.2, -0.15) is 0 Å². The fourth-order valence-corrected chi connectivity index (χ4v) is 4.36. The quantitative estimate of drug-likeness (QED) is 0.490. The van der Waals surface area contributed by atoms with Crippen LogP contribution in [0.25, 0.3) is 22.4 Å². The summed E-state index contributed by atoms with van der Waals surface area (Å²) in [6, 6.07) is 13.7. The molecule has 156 valence electrons. The molecule has 2 aliphatic heterocycles. The molecule has 1 aromatic carbocycles. The Morgan fingerprint density at radius 3 is 2.47 bits per heavy atom. The van der Waals surface area contributed by atoms with Gasteiger partial charge in [-0.25, -0.2) is 4.99 Å². The second-order valence-electron chi connectivity index (χ2n) is 7.61. The number of nitrogens with two attached hydrogens (primary N) is 1. The highest BCUT2D eigenvalue weighted by Crippen LogP contribution is 2.52. The van der Waals surface area contributed by atoms with Gasteiger partial charge in [0.2, 0.25) is 0 Å². The number of aromatic nitrogens is 3. The lowest BCUT2D eigenvalue weighted by Gasteiger charge is -2.33. The molecule has 1 atom stereocenters. The highest BCUT2D eigenvalue weighted by molar-refractivity contribution is 6.30. The fourth-order valence-electron chi connectivity index (χ4n) is 4.19. The predicted molar refractivity (Wildman–Crippen MR) is 121 cm³/mol. The Morgan fingerprint density at radius 1 is 0.844 bits per heavy atom. The van der Waals surface area contributed by atoms with Crippen molar-refractivity contribution in [1.82, 2.24) is 15.0 Å². The van der Waals surface area contributed by atoms with Gasteiger partial charge in [0.05, 0.1) is 16.9 Å². The smallest absolute Gasteiger partial charge is 0.283 e. The van der Waals surface area contributed by atoms with Gasteiger partial charge in [-0.1, -0.05) is 17.7 Å². The molecule has 5 heterocycles. The second kappa shape index (κ2) is 7.03. The molecule has 8 heteroatoms. The van der Waals surface area contributed by atoms with Crippen LogP contribution in [-0.4, -0.2) is 27.6 Å². The molecule has 0 saturated carbocycles. The minimum atomic E-state index is -0.847. The number of halogens is 1. The molecule has 0 fully saturated rings. The number of benzene rings is 1. The Morgan fingerprint density at radius 2 is 1.69 bits per heavy atom. The number of amidine groups is 1. The lowest BCUT2D eigenvalue weighted by Crippen LogP contribution is -2.31. The summed E-state index contributed by atoms with van der Waals surface area (Å²) < 4.78 is 11.9. The molecule has 0 radical (unpaired) electrons. The van der Waals surface area contributed by atoms with Crippen molar-refractivity contribution in [2.24, 2.45) is 10.7 Å². The first-order valence-electron chi connectivity index (χ1n) is 9.95. The standard InChI is InChI=1S/C24H16ClN5O2/c25-17-7-16(10-28-11-17)15-1-2-21-18(8-15)24(13-31-23(26)30-24)19-9-20(29-12-22(19)32-21)14-3-5-27-6-4-14/h1-12H,13H2,(H2,26,30)/t24-/m0/s1. The summed E-state index contributed by atoms with van der Waals surface area (Å²) in [6.07, 6.45) is 8.56. The molecule has 0 amide bonds. The van der Waals surface area contributed by atoms with E-state index < -0.39 is 5.54 Å². The first-order chi connectivity index (χ1) is 15.6. The number of fused-ring (bicyclic) bond motifs is 4. The number of hydrogen-bond acceptors (Lipinski definition) is 7. The summed E-state index contributed by atoms with van der Waals surface area (Å²) in [5.41, 5.74) is 10.4. The zero-order valence-electron chi connectivity index (χ0n) is 16.7. The Labute approximate surface area is 188 Å². The summed E-state index contributed by atoms with van der Waals surface area (Å²) in [7, 11) is 0. The molecule has 7 nitrogen and oxygen atoms in total. The molecule has 0 saturated heterocycles. The minimum Gasteiger partial charge on any atom is -0.462 e. The molecule has 0 unspecified atom stereocenters. The SMILES string of the molecule is NC1=N[C@@]2(CO1)c1cc(-c3cncc(Cl)c3)ccc1Oc1cnc(-c3ccncc3)cc12. The zero-order chi connectivity index (χ0) is 21.7. The van der Waals surface area contributed by atoms with Crippen molar-refractivity contribution >= 4 is 17.6 Å². The first kappa shape index (κ1) is 18.8. The summed E-state index contributed by atoms with van der Waals surface area (Å²) in [5, 5.41) is 0.566. The van der Waals surface area contributed by atoms with E-state index in [2.05, 4.69) is 15.0 Å². The third kappa shape index (κ3) is 2.90. The fraction of sp³-hybridized carbons (Fsp3) is 0.0833. The van der Waals surface area contributed by atoms with Crippen molar-refractivity contribution in [1.29, 1.82) is 0 Å². The van der Waals surface area contributed by atoms with Gasteiger partial charge >= 0.3 is 0 Å². The topological polar surface area (TPSA) is 95.5 Å². The minimum absolute atomic E-state index is 0.140. The average molecular weight is 442 g/mol. The van der Waals surface area contributed by atoms with Crippen LogP contribution in [0.1, 0.15) is 11.1 Å². The molecule has 0 bridgehead atoms. The normalized spacial score (nSPS) is 18.3. The van der Waals surface area contributed by atoms with Crippen LogP contribution < -0.4 is 10.5 Å². The number of aliphatic imine (C=N–C) groups is 1. The van der Waals surface area contributed by atoms with Gasteiger partial charge in [0, 0.05) is 47.0 Å². The molecule has 1 spiro atoms. The lowest BCUT2D eigenvalue weighted by molar-refractivity contribution is 0.264. The van der Waals surface area contributed by atoms with E-state index in [0.717, 1.165) is 33.5 Å². The molecule has 32 heavy (non-hydrogen) atoms. The van der Waals surface area contributed by atoms with Crippen LogP contribution in [0.2, 0.25) is 5.02 Å². The van der Waals surface area contributed by atoms with Crippen molar-refractivity contribution in [3.05, 3.63) is 89.6 Å². The summed E-state index contributed by atoms with van der Waals surface area (Å²) in [5.74, 6) is 1.30. The van der Waals surface area contributed by atoms with Crippen LogP contribution in [0.4, 0.5) is 0 Å². The zero-order valence-corrected chi connectivity index (χ0v) is 17.5. The van der Waals surface area contributed by atoms with E-state index in [1.165, 1.54) is 0 Å². The summed E-state index contributed by atoms with van der Waals surface area (Å²) in [4.78, 5) is 17.6. The Balaban J connectivity index is 1.55. The van der Waals surface area contributed by atoms with Crippen molar-refractivity contribution in [3.8, 4) is 33.9 Å². The van der Waals surface area contributed by atoms with E-state index in [9.17, 15) is 0 Å². The molecular weight excluding hydrogens is 426 g/mol. The van der Waals surface area contributed by atoms with Crippen LogP contribution >= 0.6 is 11.6 Å². The van der Waals surface area contributed by atoms with Gasteiger partial charge in [-0.15, -0.1) is 0 Å². The lowest BCUT2D eigenvalue weighted by atomic mass is 9.80. The molecule has 2 aliphatic rings. The van der Waals surface area contributed by atoms with Gasteiger partial charge in [0.25, 0.3) is 6.02 Å². The van der Waals surface area contributed by atoms with Gasteiger partial charge in [-0.3, -0.25) is 15.0 Å². The molecule has 3 aromatic heterocycles. The highest BCUT2D eigenvalue weighted by Gasteiger charge is 2.47. The van der Waals surface area contributed by atoms with Gasteiger partial charge in [-0.05, 0) is 42.0 Å². The van der Waals surface area contributed by atoms with Gasteiger partial charge in [0.1, 0.15) is 12.4 Å². The van der Waals surface area contributed by atoms with E-state index in [1.54, 1.807) is 31.0 Å². The Bertz CT molecular complexity index is 1390. The maximum atomic E-state index is 6.22. The van der Waals surface area contributed by atoms with Crippen molar-refractivity contribution in [2.45, 2.75) is 5.54 Å². The highest BCUT2D eigenvalue weighted by atomic mass is 35.5. The second-order valence-corrected chi connectivity index (χ2v) is 8.04. The molecule has 6 rings (SSSR count). The number of nitrogens with zero attached hydrogens (tertiary/aromatic N) is 4. The largest absolute Gasteiger partial charge is 0.462 e. The van der Waals surface area contributed by atoms with Crippen LogP contribution in [0.5, 0.6) is 11.5 Å². The summed E-state index contributed by atoms with van der Waals surface area (Å²) in [6.45, 7) is 0.263. The molecule has 4 aromatic rings. The van der Waals surface area contributed by atoms with Gasteiger partial charge < -0.3 is 15.2 Å².